The lowest BCUT2D eigenvalue weighted by Crippen LogP contribution is -2.47. The molecule has 2 fully saturated rings. The number of carbonyl (C=O) groups excluding carboxylic acids is 4. The third-order valence-corrected chi connectivity index (χ3v) is 3.92. The Bertz CT molecular complexity index is 652. The molecule has 0 spiro atoms. The minimum Gasteiger partial charge on any atom is -0.362 e. The van der Waals surface area contributed by atoms with E-state index in [4.69, 9.17) is 4.74 Å². The summed E-state index contributed by atoms with van der Waals surface area (Å²) in [5, 5.41) is 0. The number of anilines is 1. The number of hydrogen-bond donors (Lipinski definition) is 0. The highest BCUT2D eigenvalue weighted by atomic mass is 16.5. The average molecular weight is 316 g/mol. The highest BCUT2D eigenvalue weighted by Crippen LogP contribution is 2.19. The summed E-state index contributed by atoms with van der Waals surface area (Å²) in [6, 6.07) is 6.90. The summed E-state index contributed by atoms with van der Waals surface area (Å²) in [5.74, 6) is -1.06. The minimum atomic E-state index is -0.388. The van der Waals surface area contributed by atoms with Crippen LogP contribution in [0.25, 0.3) is 0 Å². The fourth-order valence-corrected chi connectivity index (χ4v) is 2.56. The maximum Gasteiger partial charge on any atom is 0.259 e. The Morgan fingerprint density at radius 1 is 1.00 bits per heavy atom. The van der Waals surface area contributed by atoms with E-state index in [1.165, 1.54) is 4.90 Å². The molecule has 0 atom stereocenters. The molecule has 0 aliphatic carbocycles. The van der Waals surface area contributed by atoms with Gasteiger partial charge in [-0.3, -0.25) is 24.1 Å². The second-order valence-electron chi connectivity index (χ2n) is 5.47. The van der Waals surface area contributed by atoms with Crippen molar-refractivity contribution in [3.63, 3.8) is 0 Å². The second kappa shape index (κ2) is 6.29. The first kappa shape index (κ1) is 15.4. The van der Waals surface area contributed by atoms with Gasteiger partial charge in [0.15, 0.2) is 0 Å². The van der Waals surface area contributed by atoms with Gasteiger partial charge in [-0.2, -0.15) is 0 Å². The average Bonchev–Trinajstić information content (AvgIpc) is 2.52. The first-order chi connectivity index (χ1) is 11.1. The number of β-lactam (4-membered cyclic amide) rings is 1. The quantitative estimate of drug-likeness (QED) is 0.588. The predicted octanol–water partition coefficient (Wildman–Crippen LogP) is 0.268. The van der Waals surface area contributed by atoms with Crippen LogP contribution < -0.4 is 4.90 Å². The van der Waals surface area contributed by atoms with Gasteiger partial charge < -0.3 is 4.74 Å². The largest absolute Gasteiger partial charge is 0.362 e. The fourth-order valence-electron chi connectivity index (χ4n) is 2.56. The Morgan fingerprint density at radius 3 is 2.17 bits per heavy atom. The second-order valence-corrected chi connectivity index (χ2v) is 5.47. The van der Waals surface area contributed by atoms with Crippen molar-refractivity contribution in [1.29, 1.82) is 0 Å². The molecule has 0 unspecified atom stereocenters. The molecule has 4 amide bonds. The third-order valence-electron chi connectivity index (χ3n) is 3.92. The first-order valence-electron chi connectivity index (χ1n) is 7.42. The van der Waals surface area contributed by atoms with Gasteiger partial charge >= 0.3 is 0 Å². The van der Waals surface area contributed by atoms with Crippen LogP contribution in [0.4, 0.5) is 5.69 Å². The molecular formula is C16H16N2O5. The van der Waals surface area contributed by atoms with Gasteiger partial charge in [0.25, 0.3) is 11.8 Å². The summed E-state index contributed by atoms with van der Waals surface area (Å²) in [6.07, 6.45) is 1.22. The number of carbonyl (C=O) groups is 4. The molecule has 0 saturated carbocycles. The Balaban J connectivity index is 1.60. The molecule has 0 aromatic heterocycles. The van der Waals surface area contributed by atoms with Gasteiger partial charge in [0.2, 0.25) is 11.8 Å². The van der Waals surface area contributed by atoms with Crippen LogP contribution in [0.3, 0.4) is 0 Å². The van der Waals surface area contributed by atoms with Crippen LogP contribution in [0.2, 0.25) is 0 Å². The predicted molar refractivity (Wildman–Crippen MR) is 79.4 cm³/mol. The maximum atomic E-state index is 11.8. The van der Waals surface area contributed by atoms with E-state index in [2.05, 4.69) is 0 Å². The summed E-state index contributed by atoms with van der Waals surface area (Å²) in [7, 11) is 0. The van der Waals surface area contributed by atoms with Crippen LogP contribution >= 0.6 is 0 Å². The molecule has 0 radical (unpaired) electrons. The van der Waals surface area contributed by atoms with Crippen molar-refractivity contribution in [2.24, 2.45) is 0 Å². The number of amides is 4. The van der Waals surface area contributed by atoms with Crippen LogP contribution in [0, 0.1) is 0 Å². The van der Waals surface area contributed by atoms with E-state index >= 15 is 0 Å². The van der Waals surface area contributed by atoms with Crippen molar-refractivity contribution < 1.29 is 23.9 Å². The summed E-state index contributed by atoms with van der Waals surface area (Å²) >= 11 is 0. The van der Waals surface area contributed by atoms with E-state index in [1.54, 1.807) is 24.3 Å². The Kier molecular flexibility index (Phi) is 4.20. The molecule has 1 aromatic rings. The van der Waals surface area contributed by atoms with E-state index < -0.39 is 0 Å². The third kappa shape index (κ3) is 3.14. The molecule has 2 aliphatic rings. The van der Waals surface area contributed by atoms with Gasteiger partial charge in [-0.05, 0) is 24.1 Å². The molecular weight excluding hydrogens is 300 g/mol. The summed E-state index contributed by atoms with van der Waals surface area (Å²) < 4.78 is 4.87. The molecule has 2 heterocycles. The molecule has 0 bridgehead atoms. The lowest BCUT2D eigenvalue weighted by atomic mass is 10.1. The first-order valence-corrected chi connectivity index (χ1v) is 7.42. The Hall–Kier alpha value is -2.54. The topological polar surface area (TPSA) is 84.0 Å². The van der Waals surface area contributed by atoms with Crippen molar-refractivity contribution in [3.05, 3.63) is 29.8 Å². The lowest BCUT2D eigenvalue weighted by molar-refractivity contribution is -0.152. The number of likely N-dealkylation sites (tertiary alicyclic amines) is 1. The van der Waals surface area contributed by atoms with Gasteiger partial charge in [0.1, 0.15) is 13.2 Å². The molecule has 3 rings (SSSR count). The lowest BCUT2D eigenvalue weighted by Gasteiger charge is -2.28. The molecule has 2 aliphatic heterocycles. The Labute approximate surface area is 132 Å². The van der Waals surface area contributed by atoms with Crippen LogP contribution in [-0.2, 0) is 30.3 Å². The van der Waals surface area contributed by atoms with Gasteiger partial charge in [-0.25, -0.2) is 4.90 Å². The summed E-state index contributed by atoms with van der Waals surface area (Å²) in [6.45, 7) is 0.301. The minimum absolute atomic E-state index is 0.105. The molecule has 0 N–H and O–H groups in total. The number of morpholine rings is 1. The van der Waals surface area contributed by atoms with Gasteiger partial charge in [-0.1, -0.05) is 12.1 Å². The number of rotatable bonds is 4. The zero-order valence-electron chi connectivity index (χ0n) is 12.5. The molecule has 23 heavy (non-hydrogen) atoms. The smallest absolute Gasteiger partial charge is 0.259 e. The van der Waals surface area contributed by atoms with Gasteiger partial charge in [0.05, 0.1) is 5.69 Å². The Morgan fingerprint density at radius 2 is 1.65 bits per heavy atom. The number of aryl methyl sites for hydroxylation is 1. The van der Waals surface area contributed by atoms with Gasteiger partial charge in [-0.15, -0.1) is 0 Å². The van der Waals surface area contributed by atoms with Crippen molar-refractivity contribution in [2.75, 3.05) is 24.7 Å². The van der Waals surface area contributed by atoms with E-state index in [-0.39, 0.29) is 43.3 Å². The van der Waals surface area contributed by atoms with Crippen molar-refractivity contribution >= 4 is 29.3 Å². The van der Waals surface area contributed by atoms with Crippen molar-refractivity contribution in [2.45, 2.75) is 19.3 Å². The molecule has 7 heteroatoms. The number of nitrogens with zero attached hydrogens (tertiary/aromatic N) is 2. The van der Waals surface area contributed by atoms with E-state index in [0.29, 0.717) is 25.1 Å². The molecule has 2 saturated heterocycles. The fraction of sp³-hybridized carbons (Fsp3) is 0.375. The monoisotopic (exact) mass is 316 g/mol. The standard InChI is InChI=1S/C16H16N2O5/c19-13(17-8-7-14(17)20)6-3-11-1-4-12(5-2-11)18-15(21)9-23-10-16(18)22/h1-2,4-5H,3,6-10H2. The molecule has 120 valence electrons. The van der Waals surface area contributed by atoms with Crippen LogP contribution in [-0.4, -0.2) is 48.3 Å². The van der Waals surface area contributed by atoms with Gasteiger partial charge in [0, 0.05) is 19.4 Å². The van der Waals surface area contributed by atoms with E-state index in [9.17, 15) is 19.2 Å². The highest BCUT2D eigenvalue weighted by molar-refractivity contribution is 6.16. The van der Waals surface area contributed by atoms with Crippen molar-refractivity contribution in [3.8, 4) is 0 Å². The summed E-state index contributed by atoms with van der Waals surface area (Å²) in [5.41, 5.74) is 1.40. The highest BCUT2D eigenvalue weighted by Gasteiger charge is 2.29. The van der Waals surface area contributed by atoms with Crippen LogP contribution in [0.5, 0.6) is 0 Å². The van der Waals surface area contributed by atoms with Crippen LogP contribution in [0.1, 0.15) is 18.4 Å². The van der Waals surface area contributed by atoms with Crippen LogP contribution in [0.15, 0.2) is 24.3 Å². The number of benzene rings is 1. The van der Waals surface area contributed by atoms with E-state index in [1.807, 2.05) is 0 Å². The maximum absolute atomic E-state index is 11.8. The zero-order chi connectivity index (χ0) is 16.4. The SMILES string of the molecule is O=C(CCc1ccc(N2C(=O)COCC2=O)cc1)N1CCC1=O. The molecule has 7 nitrogen and oxygen atoms in total. The van der Waals surface area contributed by atoms with E-state index in [0.717, 1.165) is 10.5 Å². The normalized spacial score (nSPS) is 18.2. The number of ether oxygens (including phenoxy) is 1. The number of hydrogen-bond acceptors (Lipinski definition) is 5. The zero-order valence-corrected chi connectivity index (χ0v) is 12.5. The number of imide groups is 2. The summed E-state index contributed by atoms with van der Waals surface area (Å²) in [4.78, 5) is 48.9. The van der Waals surface area contributed by atoms with Crippen molar-refractivity contribution in [1.82, 2.24) is 4.90 Å². The molecule has 1 aromatic carbocycles.